The van der Waals surface area contributed by atoms with Crippen molar-refractivity contribution in [2.45, 2.75) is 0 Å². The second kappa shape index (κ2) is 4.00. The molecule has 0 aliphatic heterocycles. The fraction of sp³-hybridized carbons (Fsp3) is 0.200. The van der Waals surface area contributed by atoms with Crippen molar-refractivity contribution in [1.29, 1.82) is 0 Å². The molecule has 1 aromatic carbocycles. The van der Waals surface area contributed by atoms with Gasteiger partial charge >= 0.3 is 0 Å². The third kappa shape index (κ3) is 1.90. The molecule has 1 heterocycles. The molecule has 0 radical (unpaired) electrons. The summed E-state index contributed by atoms with van der Waals surface area (Å²) in [7, 11) is 3.22. The van der Waals surface area contributed by atoms with E-state index < -0.39 is 0 Å². The summed E-state index contributed by atoms with van der Waals surface area (Å²) in [4.78, 5) is 0. The van der Waals surface area contributed by atoms with Gasteiger partial charge in [-0.2, -0.15) is 15.4 Å². The highest BCUT2D eigenvalue weighted by molar-refractivity contribution is 5.62. The molecule has 0 bridgehead atoms. The van der Waals surface area contributed by atoms with Gasteiger partial charge < -0.3 is 9.47 Å². The van der Waals surface area contributed by atoms with Crippen LogP contribution in [0.2, 0.25) is 0 Å². The zero-order valence-corrected chi connectivity index (χ0v) is 8.52. The normalized spacial score (nSPS) is 10.0. The van der Waals surface area contributed by atoms with E-state index in [-0.39, 0.29) is 0 Å². The van der Waals surface area contributed by atoms with Crippen molar-refractivity contribution in [1.82, 2.24) is 15.4 Å². The van der Waals surface area contributed by atoms with Crippen LogP contribution in [0.1, 0.15) is 0 Å². The lowest BCUT2D eigenvalue weighted by molar-refractivity contribution is 0.394. The van der Waals surface area contributed by atoms with Gasteiger partial charge in [0.2, 0.25) is 0 Å². The SMILES string of the molecule is COc1cc(OC)cc(-c2cn[nH]n2)c1. The standard InChI is InChI=1S/C10H11N3O2/c1-14-8-3-7(4-9(5-8)15-2)10-6-11-13-12-10/h3-6H,1-2H3,(H,11,12,13). The van der Waals surface area contributed by atoms with Crippen LogP contribution in [-0.4, -0.2) is 29.6 Å². The fourth-order valence-corrected chi connectivity index (χ4v) is 1.30. The molecule has 0 aliphatic rings. The summed E-state index contributed by atoms with van der Waals surface area (Å²) < 4.78 is 10.3. The van der Waals surface area contributed by atoms with Gasteiger partial charge in [-0.25, -0.2) is 0 Å². The van der Waals surface area contributed by atoms with Crippen molar-refractivity contribution in [2.75, 3.05) is 14.2 Å². The minimum absolute atomic E-state index is 0.729. The summed E-state index contributed by atoms with van der Waals surface area (Å²) in [6.07, 6.45) is 1.65. The van der Waals surface area contributed by atoms with Gasteiger partial charge in [0, 0.05) is 11.6 Å². The number of ether oxygens (including phenoxy) is 2. The summed E-state index contributed by atoms with van der Waals surface area (Å²) in [5, 5.41) is 10.3. The van der Waals surface area contributed by atoms with E-state index >= 15 is 0 Å². The molecule has 5 nitrogen and oxygen atoms in total. The third-order valence-corrected chi connectivity index (χ3v) is 2.06. The third-order valence-electron chi connectivity index (χ3n) is 2.06. The van der Waals surface area contributed by atoms with Crippen LogP contribution in [0.5, 0.6) is 11.5 Å². The van der Waals surface area contributed by atoms with Crippen LogP contribution in [0.15, 0.2) is 24.4 Å². The number of hydrogen-bond donors (Lipinski definition) is 1. The molecule has 0 amide bonds. The highest BCUT2D eigenvalue weighted by atomic mass is 16.5. The maximum atomic E-state index is 5.16. The number of nitrogens with one attached hydrogen (secondary N) is 1. The van der Waals surface area contributed by atoms with E-state index in [1.807, 2.05) is 18.2 Å². The summed E-state index contributed by atoms with van der Waals surface area (Å²) in [5.74, 6) is 1.46. The summed E-state index contributed by atoms with van der Waals surface area (Å²) in [5.41, 5.74) is 1.66. The van der Waals surface area contributed by atoms with Gasteiger partial charge in [-0.1, -0.05) is 0 Å². The van der Waals surface area contributed by atoms with Crippen LogP contribution in [0.4, 0.5) is 0 Å². The highest BCUT2D eigenvalue weighted by Gasteiger charge is 2.05. The predicted octanol–water partition coefficient (Wildman–Crippen LogP) is 1.49. The molecule has 2 aromatic rings. The molecule has 0 saturated heterocycles. The topological polar surface area (TPSA) is 60.0 Å². The van der Waals surface area contributed by atoms with Crippen molar-refractivity contribution >= 4 is 0 Å². The molecular formula is C10H11N3O2. The van der Waals surface area contributed by atoms with Crippen molar-refractivity contribution < 1.29 is 9.47 Å². The first-order valence-electron chi connectivity index (χ1n) is 4.42. The number of benzene rings is 1. The molecule has 0 atom stereocenters. The van der Waals surface area contributed by atoms with Gasteiger partial charge in [-0.05, 0) is 12.1 Å². The van der Waals surface area contributed by atoms with E-state index in [1.165, 1.54) is 0 Å². The Morgan fingerprint density at radius 3 is 2.20 bits per heavy atom. The van der Waals surface area contributed by atoms with E-state index in [9.17, 15) is 0 Å². The number of rotatable bonds is 3. The second-order valence-corrected chi connectivity index (χ2v) is 2.96. The second-order valence-electron chi connectivity index (χ2n) is 2.96. The van der Waals surface area contributed by atoms with Gasteiger partial charge in [0.15, 0.2) is 0 Å². The molecule has 0 spiro atoms. The zero-order valence-electron chi connectivity index (χ0n) is 8.52. The van der Waals surface area contributed by atoms with Crippen molar-refractivity contribution in [3.8, 4) is 22.8 Å². The molecule has 1 aromatic heterocycles. The Kier molecular flexibility index (Phi) is 2.53. The molecule has 15 heavy (non-hydrogen) atoms. The van der Waals surface area contributed by atoms with Gasteiger partial charge in [0.05, 0.1) is 20.4 Å². The summed E-state index contributed by atoms with van der Waals surface area (Å²) in [6, 6.07) is 5.56. The lowest BCUT2D eigenvalue weighted by atomic mass is 10.1. The monoisotopic (exact) mass is 205 g/mol. The smallest absolute Gasteiger partial charge is 0.123 e. The zero-order chi connectivity index (χ0) is 10.7. The fourth-order valence-electron chi connectivity index (χ4n) is 1.30. The Labute approximate surface area is 87.0 Å². The van der Waals surface area contributed by atoms with Crippen molar-refractivity contribution in [2.24, 2.45) is 0 Å². The van der Waals surface area contributed by atoms with E-state index in [4.69, 9.17) is 9.47 Å². The molecule has 1 N–H and O–H groups in total. The first kappa shape index (κ1) is 9.51. The molecule has 78 valence electrons. The predicted molar refractivity (Wildman–Crippen MR) is 54.9 cm³/mol. The van der Waals surface area contributed by atoms with Crippen molar-refractivity contribution in [3.05, 3.63) is 24.4 Å². The molecule has 0 aliphatic carbocycles. The van der Waals surface area contributed by atoms with E-state index in [0.717, 1.165) is 22.8 Å². The van der Waals surface area contributed by atoms with Crippen LogP contribution >= 0.6 is 0 Å². The highest BCUT2D eigenvalue weighted by Crippen LogP contribution is 2.27. The molecule has 0 unspecified atom stereocenters. The summed E-state index contributed by atoms with van der Waals surface area (Å²) >= 11 is 0. The van der Waals surface area contributed by atoms with E-state index in [0.29, 0.717) is 0 Å². The summed E-state index contributed by atoms with van der Waals surface area (Å²) in [6.45, 7) is 0. The average molecular weight is 205 g/mol. The largest absolute Gasteiger partial charge is 0.497 e. The maximum absolute atomic E-state index is 5.16. The minimum Gasteiger partial charge on any atom is -0.497 e. The number of hydrogen-bond acceptors (Lipinski definition) is 4. The van der Waals surface area contributed by atoms with Gasteiger partial charge in [0.25, 0.3) is 0 Å². The van der Waals surface area contributed by atoms with Crippen molar-refractivity contribution in [3.63, 3.8) is 0 Å². The lowest BCUT2D eigenvalue weighted by Gasteiger charge is -2.06. The Morgan fingerprint density at radius 2 is 1.73 bits per heavy atom. The Balaban J connectivity index is 2.47. The first-order chi connectivity index (χ1) is 7.33. The van der Waals surface area contributed by atoms with Crippen LogP contribution in [-0.2, 0) is 0 Å². The van der Waals surface area contributed by atoms with E-state index in [2.05, 4.69) is 15.4 Å². The number of aromatic nitrogens is 3. The molecule has 0 saturated carbocycles. The number of methoxy groups -OCH3 is 2. The average Bonchev–Trinajstić information content (AvgIpc) is 2.81. The van der Waals surface area contributed by atoms with Gasteiger partial charge in [-0.15, -0.1) is 0 Å². The van der Waals surface area contributed by atoms with Crippen LogP contribution < -0.4 is 9.47 Å². The molecular weight excluding hydrogens is 194 g/mol. The van der Waals surface area contributed by atoms with Gasteiger partial charge in [0.1, 0.15) is 17.2 Å². The van der Waals surface area contributed by atoms with Crippen LogP contribution in [0, 0.1) is 0 Å². The number of H-pyrrole nitrogens is 1. The maximum Gasteiger partial charge on any atom is 0.123 e. The molecule has 0 fully saturated rings. The minimum atomic E-state index is 0.729. The quantitative estimate of drug-likeness (QED) is 0.824. The Morgan fingerprint density at radius 1 is 1.07 bits per heavy atom. The molecule has 5 heteroatoms. The molecule has 2 rings (SSSR count). The van der Waals surface area contributed by atoms with Crippen LogP contribution in [0.3, 0.4) is 0 Å². The van der Waals surface area contributed by atoms with Gasteiger partial charge in [-0.3, -0.25) is 0 Å². The lowest BCUT2D eigenvalue weighted by Crippen LogP contribution is -1.88. The number of nitrogens with zero attached hydrogens (tertiary/aromatic N) is 2. The van der Waals surface area contributed by atoms with E-state index in [1.54, 1.807) is 20.4 Å². The van der Waals surface area contributed by atoms with Crippen LogP contribution in [0.25, 0.3) is 11.3 Å². The first-order valence-corrected chi connectivity index (χ1v) is 4.42. The Bertz CT molecular complexity index is 418. The number of aromatic amines is 1. The Hall–Kier alpha value is -2.04.